The second-order valence-electron chi connectivity index (χ2n) is 14.5. The van der Waals surface area contributed by atoms with Crippen LogP contribution in [0.5, 0.6) is 0 Å². The molecule has 2 fully saturated rings. The lowest BCUT2D eigenvalue weighted by Gasteiger charge is -2.61. The van der Waals surface area contributed by atoms with Crippen molar-refractivity contribution in [2.24, 2.45) is 39.4 Å². The standard InChI is InChI=1S/C34H50O7/c1-19(30(38)39)10-12-26(37)20(2)25-18-29(41-22(4)36)34(9)24-11-13-27-31(5,6)28(40-21(3)35)15-16-32(27,7)23(24)14-17-33(25,34)8/h10-11,14,20,25-29,37H,12-13,15-18H2,1-9H3,(H,38,39)/b19-10+/t20-,25+,26+,27-,28-,29-,32+,33+,34+/m0/s1. The third kappa shape index (κ3) is 4.90. The van der Waals surface area contributed by atoms with E-state index in [-0.39, 0.29) is 64.2 Å². The smallest absolute Gasteiger partial charge is 0.330 e. The molecule has 0 aromatic carbocycles. The predicted octanol–water partition coefficient (Wildman–Crippen LogP) is 6.40. The van der Waals surface area contributed by atoms with Crippen LogP contribution >= 0.6 is 0 Å². The Bertz CT molecular complexity index is 1190. The summed E-state index contributed by atoms with van der Waals surface area (Å²) in [5, 5.41) is 20.5. The Morgan fingerprint density at radius 3 is 2.20 bits per heavy atom. The molecule has 0 spiro atoms. The maximum Gasteiger partial charge on any atom is 0.330 e. The Hall–Kier alpha value is -2.41. The second kappa shape index (κ2) is 10.7. The monoisotopic (exact) mass is 570 g/mol. The molecule has 41 heavy (non-hydrogen) atoms. The van der Waals surface area contributed by atoms with Gasteiger partial charge in [0.2, 0.25) is 0 Å². The summed E-state index contributed by atoms with van der Waals surface area (Å²) in [5.41, 5.74) is 1.82. The number of fused-ring (bicyclic) bond motifs is 5. The van der Waals surface area contributed by atoms with E-state index < -0.39 is 17.5 Å². The number of esters is 2. The van der Waals surface area contributed by atoms with Crippen molar-refractivity contribution < 1.29 is 34.1 Å². The van der Waals surface area contributed by atoms with E-state index in [1.54, 1.807) is 13.0 Å². The first-order chi connectivity index (χ1) is 18.9. The Kier molecular flexibility index (Phi) is 8.22. The van der Waals surface area contributed by atoms with Gasteiger partial charge in [-0.1, -0.05) is 59.8 Å². The first-order valence-corrected chi connectivity index (χ1v) is 15.3. The van der Waals surface area contributed by atoms with Crippen LogP contribution in [0.1, 0.15) is 101 Å². The normalized spacial score (nSPS) is 39.2. The van der Waals surface area contributed by atoms with Crippen molar-refractivity contribution in [2.75, 3.05) is 0 Å². The van der Waals surface area contributed by atoms with Gasteiger partial charge in [0.15, 0.2) is 0 Å². The Labute approximate surface area is 245 Å². The van der Waals surface area contributed by atoms with Gasteiger partial charge in [-0.3, -0.25) is 9.59 Å². The van der Waals surface area contributed by atoms with Crippen molar-refractivity contribution >= 4 is 17.9 Å². The van der Waals surface area contributed by atoms with Gasteiger partial charge in [-0.25, -0.2) is 4.79 Å². The van der Waals surface area contributed by atoms with Gasteiger partial charge < -0.3 is 19.7 Å². The number of ether oxygens (including phenoxy) is 2. The number of carbonyl (C=O) groups excluding carboxylic acids is 2. The lowest BCUT2D eigenvalue weighted by atomic mass is 9.44. The van der Waals surface area contributed by atoms with E-state index >= 15 is 0 Å². The summed E-state index contributed by atoms with van der Waals surface area (Å²) in [7, 11) is 0. The number of allylic oxidation sites excluding steroid dienone is 3. The number of carboxylic acids is 1. The second-order valence-corrected chi connectivity index (χ2v) is 14.5. The molecule has 228 valence electrons. The number of carbonyl (C=O) groups is 3. The molecule has 7 heteroatoms. The summed E-state index contributed by atoms with van der Waals surface area (Å²) in [6, 6.07) is 0. The van der Waals surface area contributed by atoms with Crippen molar-refractivity contribution in [1.82, 2.24) is 0 Å². The summed E-state index contributed by atoms with van der Waals surface area (Å²) >= 11 is 0. The molecule has 0 aromatic heterocycles. The molecule has 4 rings (SSSR count). The lowest BCUT2D eigenvalue weighted by Crippen LogP contribution is -2.56. The number of aliphatic hydroxyl groups is 1. The number of carboxylic acid groups (broad SMARTS) is 1. The zero-order valence-corrected chi connectivity index (χ0v) is 26.4. The number of hydrogen-bond donors (Lipinski definition) is 2. The van der Waals surface area contributed by atoms with Gasteiger partial charge >= 0.3 is 17.9 Å². The van der Waals surface area contributed by atoms with Gasteiger partial charge in [0.1, 0.15) is 12.2 Å². The first-order valence-electron chi connectivity index (χ1n) is 15.3. The van der Waals surface area contributed by atoms with E-state index in [9.17, 15) is 24.6 Å². The van der Waals surface area contributed by atoms with E-state index in [0.29, 0.717) is 12.3 Å². The SMILES string of the molecule is CC(=O)O[C@H]1CC[C@]2(C)C3=CC[C@]4(C)[C@@H]([C@H](C)[C@H](O)C/C=C(\C)C(=O)O)C[C@H](OC(C)=O)[C@@]4(C)C3=CC[C@H]2C1(C)C. The molecule has 0 bridgehead atoms. The minimum atomic E-state index is -0.980. The summed E-state index contributed by atoms with van der Waals surface area (Å²) in [4.78, 5) is 35.6. The summed E-state index contributed by atoms with van der Waals surface area (Å²) in [6.07, 6.45) is 9.51. The Balaban J connectivity index is 1.74. The minimum absolute atomic E-state index is 0.0609. The number of aliphatic carboxylic acids is 1. The molecule has 0 radical (unpaired) electrons. The van der Waals surface area contributed by atoms with Crippen LogP contribution < -0.4 is 0 Å². The third-order valence-electron chi connectivity index (χ3n) is 12.2. The predicted molar refractivity (Wildman–Crippen MR) is 157 cm³/mol. The maximum atomic E-state index is 12.4. The van der Waals surface area contributed by atoms with Gasteiger partial charge in [-0.05, 0) is 85.2 Å². The fourth-order valence-electron chi connectivity index (χ4n) is 9.47. The maximum absolute atomic E-state index is 12.4. The molecular formula is C34H50O7. The summed E-state index contributed by atoms with van der Waals surface area (Å²) in [5.74, 6) is -1.28. The Morgan fingerprint density at radius 2 is 1.61 bits per heavy atom. The quantitative estimate of drug-likeness (QED) is 0.269. The molecular weight excluding hydrogens is 520 g/mol. The van der Waals surface area contributed by atoms with Crippen LogP contribution in [0.4, 0.5) is 0 Å². The molecule has 4 aliphatic rings. The van der Waals surface area contributed by atoms with Gasteiger partial charge in [0.05, 0.1) is 6.10 Å². The highest BCUT2D eigenvalue weighted by atomic mass is 16.5. The molecule has 0 aliphatic heterocycles. The van der Waals surface area contributed by atoms with Crippen LogP contribution in [0.25, 0.3) is 0 Å². The van der Waals surface area contributed by atoms with Crippen LogP contribution in [0.3, 0.4) is 0 Å². The topological polar surface area (TPSA) is 110 Å². The lowest BCUT2D eigenvalue weighted by molar-refractivity contribution is -0.166. The van der Waals surface area contributed by atoms with Crippen LogP contribution in [0.2, 0.25) is 0 Å². The number of aliphatic hydroxyl groups excluding tert-OH is 1. The molecule has 0 unspecified atom stereocenters. The van der Waals surface area contributed by atoms with Crippen LogP contribution in [-0.4, -0.2) is 46.4 Å². The molecule has 0 aromatic rings. The van der Waals surface area contributed by atoms with Crippen LogP contribution in [0.15, 0.2) is 34.9 Å². The fourth-order valence-corrected chi connectivity index (χ4v) is 9.47. The van der Waals surface area contributed by atoms with Crippen molar-refractivity contribution in [1.29, 1.82) is 0 Å². The largest absolute Gasteiger partial charge is 0.478 e. The van der Waals surface area contributed by atoms with Crippen LogP contribution in [0, 0.1) is 39.4 Å². The first kappa shape index (κ1) is 31.5. The molecule has 7 nitrogen and oxygen atoms in total. The average Bonchev–Trinajstić information content (AvgIpc) is 3.10. The highest BCUT2D eigenvalue weighted by molar-refractivity contribution is 5.85. The molecule has 0 heterocycles. The van der Waals surface area contributed by atoms with Gasteiger partial charge in [0, 0.05) is 30.3 Å². The zero-order chi connectivity index (χ0) is 30.7. The number of rotatable bonds is 7. The summed E-state index contributed by atoms with van der Waals surface area (Å²) < 4.78 is 11.9. The summed E-state index contributed by atoms with van der Waals surface area (Å²) in [6.45, 7) is 17.9. The van der Waals surface area contributed by atoms with E-state index in [1.807, 2.05) is 6.92 Å². The van der Waals surface area contributed by atoms with Crippen molar-refractivity contribution in [2.45, 2.75) is 119 Å². The number of hydrogen-bond acceptors (Lipinski definition) is 6. The molecule has 2 saturated carbocycles. The van der Waals surface area contributed by atoms with E-state index in [4.69, 9.17) is 9.47 Å². The van der Waals surface area contributed by atoms with E-state index in [0.717, 1.165) is 25.7 Å². The van der Waals surface area contributed by atoms with Crippen LogP contribution in [-0.2, 0) is 23.9 Å². The van der Waals surface area contributed by atoms with Crippen molar-refractivity contribution in [3.63, 3.8) is 0 Å². The minimum Gasteiger partial charge on any atom is -0.478 e. The third-order valence-corrected chi connectivity index (χ3v) is 12.2. The molecule has 0 amide bonds. The highest BCUT2D eigenvalue weighted by Crippen LogP contribution is 2.72. The van der Waals surface area contributed by atoms with Crippen molar-refractivity contribution in [3.8, 4) is 0 Å². The zero-order valence-electron chi connectivity index (χ0n) is 26.4. The molecule has 4 aliphatic carbocycles. The molecule has 9 atom stereocenters. The van der Waals surface area contributed by atoms with Gasteiger partial charge in [0.25, 0.3) is 0 Å². The highest BCUT2D eigenvalue weighted by Gasteiger charge is 2.68. The van der Waals surface area contributed by atoms with Gasteiger partial charge in [-0.15, -0.1) is 0 Å². The van der Waals surface area contributed by atoms with Gasteiger partial charge in [-0.2, -0.15) is 0 Å². The van der Waals surface area contributed by atoms with E-state index in [1.165, 1.54) is 25.0 Å². The molecule has 0 saturated heterocycles. The van der Waals surface area contributed by atoms with Crippen molar-refractivity contribution in [3.05, 3.63) is 34.9 Å². The fraction of sp³-hybridized carbons (Fsp3) is 0.735. The van der Waals surface area contributed by atoms with E-state index in [2.05, 4.69) is 46.8 Å². The Morgan fingerprint density at radius 1 is 1.00 bits per heavy atom. The average molecular weight is 571 g/mol. The molecule has 2 N–H and O–H groups in total.